The molecule has 33 heavy (non-hydrogen) atoms. The van der Waals surface area contributed by atoms with Crippen LogP contribution < -0.4 is 10.2 Å². The molecule has 2 fully saturated rings. The molecule has 2 aromatic rings. The van der Waals surface area contributed by atoms with E-state index in [-0.39, 0.29) is 48.4 Å². The molecule has 3 heterocycles. The van der Waals surface area contributed by atoms with Crippen LogP contribution in [-0.2, 0) is 11.2 Å². The molecule has 1 N–H and O–H groups in total. The summed E-state index contributed by atoms with van der Waals surface area (Å²) in [6, 6.07) is 4.74. The van der Waals surface area contributed by atoms with Crippen molar-refractivity contribution in [2.75, 3.05) is 44.2 Å². The largest absolute Gasteiger partial charge is 0.353 e. The number of aryl methyl sites for hydroxylation is 1. The van der Waals surface area contributed by atoms with Crippen LogP contribution in [0.15, 0.2) is 24.5 Å². The van der Waals surface area contributed by atoms with Crippen molar-refractivity contribution >= 4 is 48.1 Å². The average Bonchev–Trinajstić information content (AvgIpc) is 3.41. The van der Waals surface area contributed by atoms with E-state index in [0.717, 1.165) is 31.7 Å². The van der Waals surface area contributed by atoms with E-state index in [9.17, 15) is 9.18 Å². The van der Waals surface area contributed by atoms with Crippen molar-refractivity contribution in [3.05, 3.63) is 52.2 Å². The summed E-state index contributed by atoms with van der Waals surface area (Å²) in [7, 11) is 0. The Bertz CT molecular complexity index is 1000. The molecule has 180 valence electrons. The van der Waals surface area contributed by atoms with Crippen molar-refractivity contribution in [3.63, 3.8) is 0 Å². The lowest BCUT2D eigenvalue weighted by atomic mass is 9.87. The molecule has 5 rings (SSSR count). The second-order valence-electron chi connectivity index (χ2n) is 8.85. The molecule has 6 nitrogen and oxygen atoms in total. The lowest BCUT2D eigenvalue weighted by Crippen LogP contribution is -2.51. The highest BCUT2D eigenvalue weighted by atomic mass is 35.5. The van der Waals surface area contributed by atoms with Crippen LogP contribution in [-0.4, -0.2) is 60.0 Å². The normalized spacial score (nSPS) is 24.2. The lowest BCUT2D eigenvalue weighted by Gasteiger charge is -2.38. The number of carbonyl (C=O) groups is 1. The molecule has 3 aliphatic rings. The Morgan fingerprint density at radius 1 is 1.15 bits per heavy atom. The molecule has 1 aromatic heterocycles. The number of nitrogens with one attached hydrogen (secondary N) is 1. The third kappa shape index (κ3) is 4.92. The Morgan fingerprint density at radius 3 is 2.64 bits per heavy atom. The molecule has 0 bridgehead atoms. The molecule has 2 saturated heterocycles. The predicted molar refractivity (Wildman–Crippen MR) is 133 cm³/mol. The second-order valence-corrected chi connectivity index (χ2v) is 9.28. The maximum atomic E-state index is 14.5. The molecule has 0 radical (unpaired) electrons. The highest BCUT2D eigenvalue weighted by Gasteiger charge is 2.39. The van der Waals surface area contributed by atoms with Crippen LogP contribution in [0.4, 0.5) is 10.2 Å². The van der Waals surface area contributed by atoms with Gasteiger partial charge in [0.1, 0.15) is 18.0 Å². The number of rotatable bonds is 3. The second kappa shape index (κ2) is 10.7. The first-order valence-electron chi connectivity index (χ1n) is 11.1. The van der Waals surface area contributed by atoms with Crippen LogP contribution in [0.2, 0.25) is 5.02 Å². The van der Waals surface area contributed by atoms with Crippen LogP contribution in [0, 0.1) is 11.7 Å². The van der Waals surface area contributed by atoms with Gasteiger partial charge in [0.05, 0.1) is 5.92 Å². The van der Waals surface area contributed by atoms with Gasteiger partial charge < -0.3 is 15.1 Å². The molecule has 1 aromatic carbocycles. The van der Waals surface area contributed by atoms with Crippen molar-refractivity contribution in [3.8, 4) is 0 Å². The van der Waals surface area contributed by atoms with E-state index in [4.69, 9.17) is 11.6 Å². The van der Waals surface area contributed by atoms with E-state index in [2.05, 4.69) is 27.1 Å². The highest BCUT2D eigenvalue weighted by molar-refractivity contribution is 6.30. The van der Waals surface area contributed by atoms with Crippen LogP contribution in [0.1, 0.15) is 42.0 Å². The molecule has 3 atom stereocenters. The number of carbonyl (C=O) groups excluding carboxylic acids is 1. The number of hydrogen-bond acceptors (Lipinski definition) is 5. The van der Waals surface area contributed by atoms with Crippen LogP contribution in [0.25, 0.3) is 0 Å². The van der Waals surface area contributed by atoms with Crippen LogP contribution in [0.3, 0.4) is 0 Å². The molecular formula is C23H29Cl3FN5O. The number of hydrogen-bond donors (Lipinski definition) is 1. The minimum atomic E-state index is -0.337. The van der Waals surface area contributed by atoms with Gasteiger partial charge in [-0.05, 0) is 36.5 Å². The third-order valence-electron chi connectivity index (χ3n) is 7.04. The van der Waals surface area contributed by atoms with E-state index in [0.29, 0.717) is 42.7 Å². The summed E-state index contributed by atoms with van der Waals surface area (Å²) in [6.45, 7) is 6.21. The molecule has 10 heteroatoms. The Balaban J connectivity index is 0.00000153. The van der Waals surface area contributed by atoms with E-state index >= 15 is 0 Å². The van der Waals surface area contributed by atoms with E-state index in [1.165, 1.54) is 17.3 Å². The average molecular weight is 517 g/mol. The summed E-state index contributed by atoms with van der Waals surface area (Å²) >= 11 is 5.91. The van der Waals surface area contributed by atoms with E-state index in [1.807, 2.05) is 4.90 Å². The third-order valence-corrected chi connectivity index (χ3v) is 7.27. The topological polar surface area (TPSA) is 61.4 Å². The quantitative estimate of drug-likeness (QED) is 0.672. The van der Waals surface area contributed by atoms with Gasteiger partial charge in [-0.25, -0.2) is 14.4 Å². The first-order valence-corrected chi connectivity index (χ1v) is 11.4. The van der Waals surface area contributed by atoms with Gasteiger partial charge in [-0.3, -0.25) is 4.79 Å². The van der Waals surface area contributed by atoms with E-state index in [1.54, 1.807) is 18.5 Å². The maximum absolute atomic E-state index is 14.5. The van der Waals surface area contributed by atoms with Crippen LogP contribution >= 0.6 is 36.4 Å². The first kappa shape index (κ1) is 25.9. The summed E-state index contributed by atoms with van der Waals surface area (Å²) < 4.78 is 14.5. The number of nitrogens with zero attached hydrogens (tertiary/aromatic N) is 4. The maximum Gasteiger partial charge on any atom is 0.227 e. The smallest absolute Gasteiger partial charge is 0.227 e. The number of fused-ring (bicyclic) bond motifs is 1. The zero-order valence-corrected chi connectivity index (χ0v) is 20.9. The Kier molecular flexibility index (Phi) is 8.43. The number of halogens is 4. The van der Waals surface area contributed by atoms with Gasteiger partial charge in [-0.2, -0.15) is 0 Å². The minimum absolute atomic E-state index is 0. The van der Waals surface area contributed by atoms with Gasteiger partial charge >= 0.3 is 0 Å². The summed E-state index contributed by atoms with van der Waals surface area (Å²) in [5.74, 6) is 0.844. The zero-order valence-electron chi connectivity index (χ0n) is 18.5. The molecular weight excluding hydrogens is 488 g/mol. The van der Waals surface area contributed by atoms with Crippen molar-refractivity contribution in [1.29, 1.82) is 0 Å². The van der Waals surface area contributed by atoms with Crippen LogP contribution in [0.5, 0.6) is 0 Å². The monoisotopic (exact) mass is 515 g/mol. The number of anilines is 1. The summed E-state index contributed by atoms with van der Waals surface area (Å²) in [5.41, 5.74) is 3.01. The fourth-order valence-electron chi connectivity index (χ4n) is 5.32. The number of piperazine rings is 1. The van der Waals surface area contributed by atoms with Gasteiger partial charge in [0.2, 0.25) is 5.91 Å². The fraction of sp³-hybridized carbons (Fsp3) is 0.522. The SMILES string of the molecule is C[C@@H]1CCc2ncnc(N3CCN(C(=O)[C@H]4CNC[C@@H]4c4ccc(Cl)cc4F)CC3)c21.Cl.Cl. The van der Waals surface area contributed by atoms with Crippen molar-refractivity contribution in [1.82, 2.24) is 20.2 Å². The Labute approximate surface area is 211 Å². The molecule has 0 unspecified atom stereocenters. The van der Waals surface area contributed by atoms with Gasteiger partial charge in [0, 0.05) is 61.5 Å². The number of amides is 1. The first-order chi connectivity index (χ1) is 15.0. The Morgan fingerprint density at radius 2 is 1.91 bits per heavy atom. The van der Waals surface area contributed by atoms with Gasteiger partial charge in [0.25, 0.3) is 0 Å². The van der Waals surface area contributed by atoms with Crippen molar-refractivity contribution in [2.24, 2.45) is 5.92 Å². The molecule has 2 aliphatic heterocycles. The molecule has 1 amide bonds. The summed E-state index contributed by atoms with van der Waals surface area (Å²) in [6.07, 6.45) is 3.80. The predicted octanol–water partition coefficient (Wildman–Crippen LogP) is 3.81. The van der Waals surface area contributed by atoms with E-state index < -0.39 is 0 Å². The minimum Gasteiger partial charge on any atom is -0.353 e. The Hall–Kier alpha value is -1.67. The van der Waals surface area contributed by atoms with Crippen molar-refractivity contribution in [2.45, 2.75) is 31.6 Å². The molecule has 0 saturated carbocycles. The standard InChI is InChI=1S/C23H27ClFN5O.2ClH/c1-14-2-5-20-21(14)22(28-13-27-20)29-6-8-30(9-7-29)23(31)18-12-26-11-17(18)16-4-3-15(24)10-19(16)25;;/h3-4,10,13-14,17-18,26H,2,5-9,11-12H2,1H3;2*1H/t14-,17-,18+;;/m1../s1. The van der Waals surface area contributed by atoms with Crippen molar-refractivity contribution < 1.29 is 9.18 Å². The number of benzene rings is 1. The molecule has 1 aliphatic carbocycles. The summed E-state index contributed by atoms with van der Waals surface area (Å²) in [4.78, 5) is 26.6. The molecule has 0 spiro atoms. The number of aromatic nitrogens is 2. The van der Waals surface area contributed by atoms with Gasteiger partial charge in [-0.1, -0.05) is 24.6 Å². The van der Waals surface area contributed by atoms with Gasteiger partial charge in [0.15, 0.2) is 0 Å². The summed E-state index contributed by atoms with van der Waals surface area (Å²) in [5, 5.41) is 3.65. The lowest BCUT2D eigenvalue weighted by molar-refractivity contribution is -0.135. The highest BCUT2D eigenvalue weighted by Crippen LogP contribution is 2.37. The fourth-order valence-corrected chi connectivity index (χ4v) is 5.47. The zero-order chi connectivity index (χ0) is 21.5. The van der Waals surface area contributed by atoms with Gasteiger partial charge in [-0.15, -0.1) is 24.8 Å².